The molecule has 32 heavy (non-hydrogen) atoms. The van der Waals surface area contributed by atoms with Gasteiger partial charge < -0.3 is 25.0 Å². The number of alkyl carbamates (subject to hydrolysis) is 1. The van der Waals surface area contributed by atoms with Crippen molar-refractivity contribution in [1.29, 1.82) is 0 Å². The zero-order valence-electron chi connectivity index (χ0n) is 17.9. The topological polar surface area (TPSA) is 88.0 Å². The van der Waals surface area contributed by atoms with Crippen molar-refractivity contribution in [3.05, 3.63) is 81.5 Å². The van der Waals surface area contributed by atoms with Crippen LogP contribution in [0.25, 0.3) is 11.1 Å². The predicted octanol–water partition coefficient (Wildman–Crippen LogP) is 4.22. The second-order valence-electron chi connectivity index (χ2n) is 7.83. The van der Waals surface area contributed by atoms with Crippen LogP contribution in [0.1, 0.15) is 40.0 Å². The molecule has 1 amide bonds. The molecule has 1 aliphatic rings. The monoisotopic (exact) mass is 453 g/mol. The van der Waals surface area contributed by atoms with Gasteiger partial charge in [0.15, 0.2) is 0 Å². The van der Waals surface area contributed by atoms with E-state index >= 15 is 0 Å². The van der Waals surface area contributed by atoms with Crippen LogP contribution in [0, 0.1) is 0 Å². The van der Waals surface area contributed by atoms with Crippen LogP contribution in [-0.4, -0.2) is 42.7 Å². The number of aliphatic hydroxyl groups excluding tert-OH is 2. The lowest BCUT2D eigenvalue weighted by atomic mass is 9.98. The largest absolute Gasteiger partial charge is 0.449 e. The second kappa shape index (κ2) is 10.3. The minimum atomic E-state index is -1.01. The maximum Gasteiger partial charge on any atom is 0.407 e. The van der Waals surface area contributed by atoms with Crippen LogP contribution in [0.4, 0.5) is 4.79 Å². The van der Waals surface area contributed by atoms with Crippen LogP contribution in [0.3, 0.4) is 0 Å². The van der Waals surface area contributed by atoms with E-state index in [1.807, 2.05) is 30.3 Å². The van der Waals surface area contributed by atoms with Gasteiger partial charge in [-0.2, -0.15) is 0 Å². The number of amides is 1. The Labute approximate surface area is 191 Å². The summed E-state index contributed by atoms with van der Waals surface area (Å²) in [6.07, 6.45) is -2.33. The Hall–Kier alpha value is -2.71. The number of methoxy groups -OCH3 is 1. The number of rotatable bonds is 9. The highest BCUT2D eigenvalue weighted by atomic mass is 32.1. The van der Waals surface area contributed by atoms with E-state index in [9.17, 15) is 15.0 Å². The maximum absolute atomic E-state index is 12.2. The number of nitrogens with one attached hydrogen (secondary N) is 1. The molecule has 168 valence electrons. The molecule has 0 aliphatic heterocycles. The third-order valence-corrected chi connectivity index (χ3v) is 6.65. The number of ether oxygens (including phenoxy) is 2. The first-order chi connectivity index (χ1) is 15.6. The van der Waals surface area contributed by atoms with Crippen LogP contribution >= 0.6 is 11.3 Å². The van der Waals surface area contributed by atoms with Gasteiger partial charge in [-0.1, -0.05) is 48.5 Å². The van der Waals surface area contributed by atoms with Crippen LogP contribution in [-0.2, 0) is 16.1 Å². The molecule has 3 N–H and O–H groups in total. The van der Waals surface area contributed by atoms with E-state index in [0.717, 1.165) is 16.0 Å². The van der Waals surface area contributed by atoms with Crippen molar-refractivity contribution < 1.29 is 24.5 Å². The summed E-state index contributed by atoms with van der Waals surface area (Å²) in [4.78, 5) is 13.2. The number of hydrogen-bond donors (Lipinski definition) is 3. The average molecular weight is 454 g/mol. The van der Waals surface area contributed by atoms with Crippen molar-refractivity contribution >= 4 is 17.4 Å². The second-order valence-corrected chi connectivity index (χ2v) is 8.83. The van der Waals surface area contributed by atoms with E-state index in [4.69, 9.17) is 9.47 Å². The van der Waals surface area contributed by atoms with E-state index in [1.165, 1.54) is 22.5 Å². The fraction of sp³-hybridized carbons (Fsp3) is 0.320. The summed E-state index contributed by atoms with van der Waals surface area (Å²) in [6, 6.07) is 18.2. The lowest BCUT2D eigenvalue weighted by Gasteiger charge is -2.18. The number of hydrogen-bond acceptors (Lipinski definition) is 6. The number of benzene rings is 2. The zero-order valence-corrected chi connectivity index (χ0v) is 18.7. The van der Waals surface area contributed by atoms with Gasteiger partial charge in [-0.25, -0.2) is 4.79 Å². The average Bonchev–Trinajstić information content (AvgIpc) is 3.40. The van der Waals surface area contributed by atoms with Crippen LogP contribution < -0.4 is 5.32 Å². The highest BCUT2D eigenvalue weighted by Gasteiger charge is 2.29. The molecule has 0 fully saturated rings. The Morgan fingerprint density at radius 3 is 2.41 bits per heavy atom. The Bertz CT molecular complexity index is 1020. The third kappa shape index (κ3) is 4.86. The number of aliphatic hydroxyl groups is 2. The van der Waals surface area contributed by atoms with E-state index in [0.29, 0.717) is 12.2 Å². The number of carbonyl (C=O) groups is 1. The number of thiophene rings is 1. The lowest BCUT2D eigenvalue weighted by Crippen LogP contribution is -2.30. The van der Waals surface area contributed by atoms with Gasteiger partial charge in [-0.3, -0.25) is 0 Å². The molecule has 2 unspecified atom stereocenters. The molecule has 2 atom stereocenters. The molecule has 2 aromatic carbocycles. The fourth-order valence-electron chi connectivity index (χ4n) is 4.12. The first-order valence-electron chi connectivity index (χ1n) is 10.6. The van der Waals surface area contributed by atoms with Crippen molar-refractivity contribution in [1.82, 2.24) is 5.32 Å². The van der Waals surface area contributed by atoms with Gasteiger partial charge in [0, 0.05) is 24.4 Å². The number of fused-ring (bicyclic) bond motifs is 3. The van der Waals surface area contributed by atoms with Crippen molar-refractivity contribution in [3.63, 3.8) is 0 Å². The van der Waals surface area contributed by atoms with Crippen LogP contribution in [0.15, 0.2) is 60.0 Å². The standard InChI is InChI=1S/C25H27NO5S/c1-30-13-17-12-16(15-32-17)24(28)23(27)10-11-26-25(29)31-14-22-20-8-4-2-6-18(20)19-7-3-5-9-21(19)22/h2-9,12,15,22-24,27-28H,10-11,13-14H2,1H3,(H,26,29). The van der Waals surface area contributed by atoms with E-state index in [2.05, 4.69) is 29.6 Å². The molecule has 1 aromatic heterocycles. The molecule has 3 aromatic rings. The summed E-state index contributed by atoms with van der Waals surface area (Å²) in [5, 5.41) is 25.1. The fourth-order valence-corrected chi connectivity index (χ4v) is 5.01. The van der Waals surface area contributed by atoms with E-state index in [1.54, 1.807) is 12.5 Å². The van der Waals surface area contributed by atoms with Crippen molar-refractivity contribution in [2.45, 2.75) is 31.2 Å². The van der Waals surface area contributed by atoms with Gasteiger partial charge in [0.25, 0.3) is 0 Å². The molecule has 0 saturated carbocycles. The summed E-state index contributed by atoms with van der Waals surface area (Å²) >= 11 is 1.47. The summed E-state index contributed by atoms with van der Waals surface area (Å²) in [5.41, 5.74) is 5.32. The molecule has 0 saturated heterocycles. The smallest absolute Gasteiger partial charge is 0.407 e. The minimum absolute atomic E-state index is 0.000416. The Morgan fingerprint density at radius 2 is 1.75 bits per heavy atom. The first-order valence-corrected chi connectivity index (χ1v) is 11.5. The third-order valence-electron chi connectivity index (χ3n) is 5.72. The van der Waals surface area contributed by atoms with Crippen molar-refractivity contribution in [3.8, 4) is 11.1 Å². The molecule has 0 bridgehead atoms. The van der Waals surface area contributed by atoms with E-state index in [-0.39, 0.29) is 25.5 Å². The minimum Gasteiger partial charge on any atom is -0.449 e. The Morgan fingerprint density at radius 1 is 1.09 bits per heavy atom. The molecule has 6 nitrogen and oxygen atoms in total. The molecular formula is C25H27NO5S. The molecule has 0 spiro atoms. The molecule has 4 rings (SSSR count). The summed E-state index contributed by atoms with van der Waals surface area (Å²) < 4.78 is 10.6. The van der Waals surface area contributed by atoms with Crippen LogP contribution in [0.5, 0.6) is 0 Å². The lowest BCUT2D eigenvalue weighted by molar-refractivity contribution is 0.0138. The first kappa shape index (κ1) is 22.5. The van der Waals surface area contributed by atoms with E-state index < -0.39 is 18.3 Å². The van der Waals surface area contributed by atoms with Gasteiger partial charge in [0.1, 0.15) is 12.7 Å². The van der Waals surface area contributed by atoms with Crippen molar-refractivity contribution in [2.24, 2.45) is 0 Å². The molecule has 0 radical (unpaired) electrons. The van der Waals surface area contributed by atoms with Crippen molar-refractivity contribution in [2.75, 3.05) is 20.3 Å². The SMILES string of the molecule is COCc1cc(C(O)C(O)CCNC(=O)OCC2c3ccccc3-c3ccccc32)cs1. The van der Waals surface area contributed by atoms with Gasteiger partial charge in [-0.15, -0.1) is 11.3 Å². The summed E-state index contributed by atoms with van der Waals surface area (Å²) in [6.45, 7) is 0.906. The summed E-state index contributed by atoms with van der Waals surface area (Å²) in [7, 11) is 1.61. The van der Waals surface area contributed by atoms with Gasteiger partial charge in [0.2, 0.25) is 0 Å². The van der Waals surface area contributed by atoms with Crippen LogP contribution in [0.2, 0.25) is 0 Å². The Balaban J connectivity index is 1.26. The molecule has 1 aliphatic carbocycles. The molecular weight excluding hydrogens is 426 g/mol. The maximum atomic E-state index is 12.2. The summed E-state index contributed by atoms with van der Waals surface area (Å²) in [5.74, 6) is 0.000416. The normalized spacial score (nSPS) is 14.5. The highest BCUT2D eigenvalue weighted by molar-refractivity contribution is 7.10. The Kier molecular flexibility index (Phi) is 7.22. The predicted molar refractivity (Wildman–Crippen MR) is 124 cm³/mol. The van der Waals surface area contributed by atoms with Gasteiger partial charge in [-0.05, 0) is 45.7 Å². The highest BCUT2D eigenvalue weighted by Crippen LogP contribution is 2.44. The number of carbonyl (C=O) groups excluding carboxylic acids is 1. The molecule has 7 heteroatoms. The quantitative estimate of drug-likeness (QED) is 0.452. The molecule has 1 heterocycles. The van der Waals surface area contributed by atoms with Gasteiger partial charge >= 0.3 is 6.09 Å². The zero-order chi connectivity index (χ0) is 22.5. The van der Waals surface area contributed by atoms with Gasteiger partial charge in [0.05, 0.1) is 12.7 Å².